The molecular weight excluding hydrogens is 397 g/mol. The molecular formula is C24H30FN3OS. The summed E-state index contributed by atoms with van der Waals surface area (Å²) in [5.74, 6) is 0.261. The topological polar surface area (TPSA) is 70.1 Å². The maximum Gasteiger partial charge on any atom is 0.221 e. The van der Waals surface area contributed by atoms with Crippen molar-refractivity contribution in [2.24, 2.45) is 5.73 Å². The Hall–Kier alpha value is -2.36. The molecule has 1 amide bonds. The van der Waals surface area contributed by atoms with E-state index in [-0.39, 0.29) is 18.1 Å². The number of carbonyl (C=O) groups is 1. The minimum Gasteiger partial charge on any atom is -0.369 e. The third-order valence-corrected chi connectivity index (χ3v) is 5.31. The fraction of sp³-hybridized carbons (Fsp3) is 0.417. The minimum atomic E-state index is -0.302. The largest absolute Gasteiger partial charge is 0.369 e. The average molecular weight is 428 g/mol. The van der Waals surface area contributed by atoms with E-state index in [0.717, 1.165) is 41.6 Å². The van der Waals surface area contributed by atoms with E-state index in [9.17, 15) is 9.18 Å². The number of primary amides is 1. The predicted octanol–water partition coefficient (Wildman–Crippen LogP) is 4.76. The number of halogens is 1. The number of hydrogen-bond acceptors (Lipinski definition) is 4. The number of nitrogens with zero attached hydrogens (tertiary/aromatic N) is 2. The van der Waals surface area contributed by atoms with E-state index in [0.29, 0.717) is 22.3 Å². The molecule has 1 aliphatic carbocycles. The Balaban J connectivity index is 0.000000232. The van der Waals surface area contributed by atoms with Crippen LogP contribution in [0.2, 0.25) is 0 Å². The number of nitrogens with two attached hydrogens (primary N) is 1. The first-order valence-electron chi connectivity index (χ1n) is 10.1. The van der Waals surface area contributed by atoms with Crippen molar-refractivity contribution in [3.05, 3.63) is 64.0 Å². The zero-order chi connectivity index (χ0) is 22.4. The standard InChI is InChI=1S/C15H18N2O.C9H12FNS/c1-9(2)12-5-10(8-16)6-13(11-3-4-11)14(12)7-15(17)18;1-11(2)6-7-3-4-9(12)8(10)5-7/h5-6,9,11H,3-4,7H2,1-2H3,(H2,17,18);3-5,12H,6H2,1-2H3. The van der Waals surface area contributed by atoms with Gasteiger partial charge in [0.25, 0.3) is 0 Å². The normalized spacial score (nSPS) is 13.0. The molecule has 1 fully saturated rings. The van der Waals surface area contributed by atoms with Crippen molar-refractivity contribution in [3.63, 3.8) is 0 Å². The number of nitriles is 1. The molecule has 0 atom stereocenters. The summed E-state index contributed by atoms with van der Waals surface area (Å²) in [4.78, 5) is 13.6. The molecule has 160 valence electrons. The van der Waals surface area contributed by atoms with Crippen molar-refractivity contribution < 1.29 is 9.18 Å². The van der Waals surface area contributed by atoms with Crippen molar-refractivity contribution in [2.75, 3.05) is 14.1 Å². The SMILES string of the molecule is CC(C)c1cc(C#N)cc(C2CC2)c1CC(N)=O.CN(C)Cc1ccc(S)c(F)c1. The van der Waals surface area contributed by atoms with Gasteiger partial charge in [0.2, 0.25) is 5.91 Å². The van der Waals surface area contributed by atoms with Gasteiger partial charge in [-0.15, -0.1) is 12.6 Å². The molecule has 0 aliphatic heterocycles. The molecule has 0 bridgehead atoms. The molecule has 2 aromatic carbocycles. The van der Waals surface area contributed by atoms with Gasteiger partial charge in [0.1, 0.15) is 5.82 Å². The second-order valence-corrected chi connectivity index (χ2v) is 8.82. The zero-order valence-corrected chi connectivity index (χ0v) is 19.0. The summed E-state index contributed by atoms with van der Waals surface area (Å²) in [6.45, 7) is 4.92. The van der Waals surface area contributed by atoms with E-state index in [1.807, 2.05) is 37.2 Å². The molecule has 0 unspecified atom stereocenters. The average Bonchev–Trinajstić information content (AvgIpc) is 3.49. The lowest BCUT2D eigenvalue weighted by Crippen LogP contribution is -2.17. The molecule has 0 heterocycles. The van der Waals surface area contributed by atoms with Crippen LogP contribution in [0.15, 0.2) is 35.2 Å². The molecule has 4 nitrogen and oxygen atoms in total. The zero-order valence-electron chi connectivity index (χ0n) is 18.1. The number of rotatable bonds is 6. The second kappa shape index (κ2) is 10.6. The number of thiol groups is 1. The van der Waals surface area contributed by atoms with Crippen LogP contribution in [0.4, 0.5) is 4.39 Å². The van der Waals surface area contributed by atoms with Gasteiger partial charge in [-0.05, 0) is 85.3 Å². The first-order chi connectivity index (χ1) is 14.1. The minimum absolute atomic E-state index is 0.252. The third kappa shape index (κ3) is 6.86. The summed E-state index contributed by atoms with van der Waals surface area (Å²) < 4.78 is 12.9. The Morgan fingerprint density at radius 1 is 1.30 bits per heavy atom. The van der Waals surface area contributed by atoms with Crippen molar-refractivity contribution in [1.29, 1.82) is 5.26 Å². The Labute approximate surface area is 184 Å². The van der Waals surface area contributed by atoms with Crippen LogP contribution in [0, 0.1) is 17.1 Å². The summed E-state index contributed by atoms with van der Waals surface area (Å²) >= 11 is 3.95. The lowest BCUT2D eigenvalue weighted by Gasteiger charge is -2.17. The fourth-order valence-corrected chi connectivity index (χ4v) is 3.59. The molecule has 2 N–H and O–H groups in total. The van der Waals surface area contributed by atoms with Gasteiger partial charge in [-0.1, -0.05) is 19.9 Å². The smallest absolute Gasteiger partial charge is 0.221 e. The summed E-state index contributed by atoms with van der Waals surface area (Å²) in [6, 6.07) is 11.1. The number of carbonyl (C=O) groups excluding carboxylic acids is 1. The Morgan fingerprint density at radius 3 is 2.43 bits per heavy atom. The van der Waals surface area contributed by atoms with E-state index in [1.54, 1.807) is 6.07 Å². The van der Waals surface area contributed by atoms with Crippen LogP contribution in [0.3, 0.4) is 0 Å². The number of hydrogen-bond donors (Lipinski definition) is 2. The Kier molecular flexibility index (Phi) is 8.45. The lowest BCUT2D eigenvalue weighted by atomic mass is 9.87. The van der Waals surface area contributed by atoms with E-state index < -0.39 is 0 Å². The predicted molar refractivity (Wildman–Crippen MR) is 121 cm³/mol. The highest BCUT2D eigenvalue weighted by molar-refractivity contribution is 7.80. The van der Waals surface area contributed by atoms with Crippen molar-refractivity contribution in [3.8, 4) is 6.07 Å². The van der Waals surface area contributed by atoms with Crippen LogP contribution >= 0.6 is 12.6 Å². The molecule has 0 aromatic heterocycles. The summed E-state index contributed by atoms with van der Waals surface area (Å²) in [5.41, 5.74) is 10.3. The lowest BCUT2D eigenvalue weighted by molar-refractivity contribution is -0.117. The third-order valence-electron chi connectivity index (χ3n) is 4.95. The van der Waals surface area contributed by atoms with Gasteiger partial charge in [0.15, 0.2) is 0 Å². The van der Waals surface area contributed by atoms with E-state index in [2.05, 4.69) is 32.5 Å². The molecule has 1 saturated carbocycles. The summed E-state index contributed by atoms with van der Waals surface area (Å²) in [7, 11) is 3.90. The van der Waals surface area contributed by atoms with Crippen LogP contribution in [0.1, 0.15) is 66.3 Å². The maximum absolute atomic E-state index is 12.9. The molecule has 6 heteroatoms. The summed E-state index contributed by atoms with van der Waals surface area (Å²) in [5, 5.41) is 9.10. The van der Waals surface area contributed by atoms with Crippen LogP contribution in [0.25, 0.3) is 0 Å². The molecule has 2 aromatic rings. The molecule has 0 spiro atoms. The second-order valence-electron chi connectivity index (χ2n) is 8.34. The van der Waals surface area contributed by atoms with E-state index >= 15 is 0 Å². The molecule has 0 radical (unpaired) electrons. The molecule has 1 aliphatic rings. The molecule has 30 heavy (non-hydrogen) atoms. The van der Waals surface area contributed by atoms with Crippen molar-refractivity contribution >= 4 is 18.5 Å². The highest BCUT2D eigenvalue weighted by Crippen LogP contribution is 2.43. The van der Waals surface area contributed by atoms with Gasteiger partial charge < -0.3 is 10.6 Å². The van der Waals surface area contributed by atoms with Crippen molar-refractivity contribution in [1.82, 2.24) is 4.90 Å². The van der Waals surface area contributed by atoms with Crippen LogP contribution < -0.4 is 5.73 Å². The highest BCUT2D eigenvalue weighted by atomic mass is 32.1. The van der Waals surface area contributed by atoms with Gasteiger partial charge in [0.05, 0.1) is 18.1 Å². The highest BCUT2D eigenvalue weighted by Gasteiger charge is 2.28. The monoisotopic (exact) mass is 427 g/mol. The first kappa shape index (κ1) is 23.9. The first-order valence-corrected chi connectivity index (χ1v) is 10.5. The van der Waals surface area contributed by atoms with Crippen LogP contribution in [-0.2, 0) is 17.8 Å². The number of benzene rings is 2. The van der Waals surface area contributed by atoms with E-state index in [4.69, 9.17) is 11.0 Å². The Bertz CT molecular complexity index is 923. The molecule has 3 rings (SSSR count). The van der Waals surface area contributed by atoms with Crippen molar-refractivity contribution in [2.45, 2.75) is 56.4 Å². The molecule has 0 saturated heterocycles. The van der Waals surface area contributed by atoms with Crippen LogP contribution in [0.5, 0.6) is 0 Å². The van der Waals surface area contributed by atoms with Gasteiger partial charge in [-0.3, -0.25) is 4.79 Å². The fourth-order valence-electron chi connectivity index (χ4n) is 3.45. The maximum atomic E-state index is 12.9. The number of amides is 1. The summed E-state index contributed by atoms with van der Waals surface area (Å²) in [6.07, 6.45) is 2.58. The Morgan fingerprint density at radius 2 is 1.97 bits per heavy atom. The quantitative estimate of drug-likeness (QED) is 0.653. The van der Waals surface area contributed by atoms with Gasteiger partial charge in [-0.25, -0.2) is 4.39 Å². The van der Waals surface area contributed by atoms with Gasteiger partial charge in [0, 0.05) is 11.4 Å². The van der Waals surface area contributed by atoms with E-state index in [1.165, 1.54) is 6.07 Å². The van der Waals surface area contributed by atoms with Gasteiger partial charge in [-0.2, -0.15) is 5.26 Å². The van der Waals surface area contributed by atoms with Gasteiger partial charge >= 0.3 is 0 Å². The van der Waals surface area contributed by atoms with Crippen LogP contribution in [-0.4, -0.2) is 24.9 Å².